The van der Waals surface area contributed by atoms with Gasteiger partial charge in [-0.05, 0) is 42.1 Å². The number of hydrogen-bond donors (Lipinski definition) is 0. The Morgan fingerprint density at radius 3 is 2.25 bits per heavy atom. The van der Waals surface area contributed by atoms with Crippen LogP contribution >= 0.6 is 0 Å². The molecule has 128 valence electrons. The van der Waals surface area contributed by atoms with Crippen molar-refractivity contribution in [2.24, 2.45) is 29.1 Å². The van der Waals surface area contributed by atoms with E-state index in [4.69, 9.17) is 18.9 Å². The lowest BCUT2D eigenvalue weighted by atomic mass is 9.35. The molecule has 6 nitrogen and oxygen atoms in total. The summed E-state index contributed by atoms with van der Waals surface area (Å²) in [5.41, 5.74) is 1.35. The van der Waals surface area contributed by atoms with Crippen LogP contribution in [0.4, 0.5) is 0 Å². The van der Waals surface area contributed by atoms with Crippen LogP contribution in [0.2, 0.25) is 0 Å². The summed E-state index contributed by atoms with van der Waals surface area (Å²) in [6.45, 7) is 4.53. The molecule has 6 heteroatoms. The fraction of sp³-hybridized carbons (Fsp3) is 0.778. The molecule has 2 spiro atoms. The number of carbonyl (C=O) groups is 2. The first-order chi connectivity index (χ1) is 11.4. The molecule has 0 amide bonds. The molecule has 2 heterocycles. The largest absolute Gasteiger partial charge is 0.419 e. The van der Waals surface area contributed by atoms with E-state index >= 15 is 0 Å². The smallest absolute Gasteiger partial charge is 0.348 e. The third-order valence-corrected chi connectivity index (χ3v) is 7.46. The molecule has 6 rings (SSSR count). The monoisotopic (exact) mass is 332 g/mol. The van der Waals surface area contributed by atoms with Crippen molar-refractivity contribution >= 4 is 11.9 Å². The molecule has 24 heavy (non-hydrogen) atoms. The zero-order valence-corrected chi connectivity index (χ0v) is 13.8. The first kappa shape index (κ1) is 13.8. The van der Waals surface area contributed by atoms with Crippen LogP contribution in [0.5, 0.6) is 0 Å². The Bertz CT molecular complexity index is 708. The van der Waals surface area contributed by atoms with Crippen molar-refractivity contribution in [2.75, 3.05) is 13.2 Å². The molecule has 2 saturated heterocycles. The van der Waals surface area contributed by atoms with Gasteiger partial charge in [0.25, 0.3) is 5.79 Å². The van der Waals surface area contributed by atoms with E-state index in [1.54, 1.807) is 13.8 Å². The van der Waals surface area contributed by atoms with Crippen molar-refractivity contribution in [3.63, 3.8) is 0 Å². The fourth-order valence-electron chi connectivity index (χ4n) is 6.91. The van der Waals surface area contributed by atoms with Gasteiger partial charge in [-0.1, -0.05) is 0 Å². The first-order valence-corrected chi connectivity index (χ1v) is 8.88. The zero-order valence-electron chi connectivity index (χ0n) is 13.8. The highest BCUT2D eigenvalue weighted by atomic mass is 16.7. The van der Waals surface area contributed by atoms with Crippen molar-refractivity contribution in [3.8, 4) is 0 Å². The Kier molecular flexibility index (Phi) is 2.15. The van der Waals surface area contributed by atoms with Crippen molar-refractivity contribution in [3.05, 3.63) is 11.1 Å². The van der Waals surface area contributed by atoms with E-state index < -0.39 is 17.7 Å². The molecule has 0 N–H and O–H groups in total. The van der Waals surface area contributed by atoms with E-state index in [-0.39, 0.29) is 16.8 Å². The number of allylic oxidation sites excluding steroid dienone is 1. The first-order valence-electron chi connectivity index (χ1n) is 8.88. The number of esters is 2. The lowest BCUT2D eigenvalue weighted by Gasteiger charge is -2.70. The van der Waals surface area contributed by atoms with E-state index in [2.05, 4.69) is 0 Å². The second-order valence-electron chi connectivity index (χ2n) is 8.57. The van der Waals surface area contributed by atoms with Crippen LogP contribution in [-0.4, -0.2) is 36.7 Å². The number of ether oxygens (including phenoxy) is 4. The minimum absolute atomic E-state index is 0.170. The Morgan fingerprint density at radius 2 is 1.58 bits per heavy atom. The number of fused-ring (bicyclic) bond motifs is 3. The fourth-order valence-corrected chi connectivity index (χ4v) is 6.91. The summed E-state index contributed by atoms with van der Waals surface area (Å²) < 4.78 is 22.7. The van der Waals surface area contributed by atoms with Gasteiger partial charge in [-0.15, -0.1) is 0 Å². The third kappa shape index (κ3) is 1.22. The Morgan fingerprint density at radius 1 is 0.958 bits per heavy atom. The molecular weight excluding hydrogens is 312 g/mol. The highest BCUT2D eigenvalue weighted by Gasteiger charge is 2.85. The molecule has 0 radical (unpaired) electrons. The van der Waals surface area contributed by atoms with Gasteiger partial charge in [0, 0.05) is 25.7 Å². The van der Waals surface area contributed by atoms with Crippen LogP contribution in [-0.2, 0) is 28.5 Å². The molecule has 0 aromatic heterocycles. The van der Waals surface area contributed by atoms with Crippen LogP contribution < -0.4 is 0 Å². The highest BCUT2D eigenvalue weighted by molar-refractivity contribution is 6.16. The predicted octanol–water partition coefficient (Wildman–Crippen LogP) is 1.54. The molecular formula is C18H20O6. The molecule has 6 aliphatic rings. The Hall–Kier alpha value is -1.40. The summed E-state index contributed by atoms with van der Waals surface area (Å²) in [6.07, 6.45) is 2.98. The van der Waals surface area contributed by atoms with Gasteiger partial charge in [0.15, 0.2) is 5.79 Å². The number of hydrogen-bond acceptors (Lipinski definition) is 6. The van der Waals surface area contributed by atoms with Gasteiger partial charge in [-0.2, -0.15) is 0 Å². The second kappa shape index (κ2) is 3.73. The third-order valence-electron chi connectivity index (χ3n) is 7.46. The van der Waals surface area contributed by atoms with Gasteiger partial charge in [0.05, 0.1) is 13.2 Å². The summed E-state index contributed by atoms with van der Waals surface area (Å²) >= 11 is 0. The van der Waals surface area contributed by atoms with Crippen molar-refractivity contribution in [2.45, 2.75) is 44.7 Å². The molecule has 4 saturated carbocycles. The maximum atomic E-state index is 12.4. The van der Waals surface area contributed by atoms with Crippen LogP contribution in [0, 0.1) is 29.1 Å². The molecule has 4 aliphatic carbocycles. The molecule has 0 aromatic rings. The number of carbonyl (C=O) groups excluding carboxylic acids is 2. The lowest BCUT2D eigenvalue weighted by molar-refractivity contribution is -0.291. The van der Waals surface area contributed by atoms with Crippen molar-refractivity contribution in [1.82, 2.24) is 0 Å². The highest BCUT2D eigenvalue weighted by Crippen LogP contribution is 2.86. The lowest BCUT2D eigenvalue weighted by Crippen LogP contribution is -2.68. The van der Waals surface area contributed by atoms with E-state index in [0.717, 1.165) is 24.8 Å². The van der Waals surface area contributed by atoms with Gasteiger partial charge in [-0.3, -0.25) is 0 Å². The maximum absolute atomic E-state index is 12.4. The number of rotatable bonds is 0. The molecule has 5 atom stereocenters. The van der Waals surface area contributed by atoms with E-state index in [1.165, 1.54) is 0 Å². The minimum Gasteiger partial charge on any atom is -0.419 e. The molecule has 2 aliphatic heterocycles. The SMILES string of the molecule is CC1(C)OC(=O)C(=C2C3CC4CC35C2CC5C42OCCO2)C(=O)O1. The summed E-state index contributed by atoms with van der Waals surface area (Å²) in [7, 11) is 0. The summed E-state index contributed by atoms with van der Waals surface area (Å²) in [6, 6.07) is 0. The molecule has 5 unspecified atom stereocenters. The minimum atomic E-state index is -1.17. The summed E-state index contributed by atoms with van der Waals surface area (Å²) in [5.74, 6) is -1.21. The molecule has 0 aromatic carbocycles. The van der Waals surface area contributed by atoms with Gasteiger partial charge in [0.2, 0.25) is 0 Å². The van der Waals surface area contributed by atoms with Crippen LogP contribution in [0.15, 0.2) is 11.1 Å². The van der Waals surface area contributed by atoms with Crippen LogP contribution in [0.25, 0.3) is 0 Å². The Balaban J connectivity index is 1.39. The van der Waals surface area contributed by atoms with Crippen molar-refractivity contribution in [1.29, 1.82) is 0 Å². The second-order valence-corrected chi connectivity index (χ2v) is 8.57. The average Bonchev–Trinajstić information content (AvgIpc) is 3.12. The zero-order chi connectivity index (χ0) is 16.5. The van der Waals surface area contributed by atoms with Crippen LogP contribution in [0.3, 0.4) is 0 Å². The van der Waals surface area contributed by atoms with Gasteiger partial charge < -0.3 is 18.9 Å². The molecule has 2 bridgehead atoms. The summed E-state index contributed by atoms with van der Waals surface area (Å²) in [5, 5.41) is 0. The standard InChI is InChI=1S/C18H20O6/c1-16(2)23-14(19)13(15(20)24-16)12-9-5-8-7-17(9)10(12)6-11(17)18(8)21-3-4-22-18/h8-11H,3-7H2,1-2H3. The maximum Gasteiger partial charge on any atom is 0.348 e. The average molecular weight is 332 g/mol. The predicted molar refractivity (Wildman–Crippen MR) is 78.2 cm³/mol. The van der Waals surface area contributed by atoms with E-state index in [1.807, 2.05) is 0 Å². The summed E-state index contributed by atoms with van der Waals surface area (Å²) in [4.78, 5) is 24.9. The van der Waals surface area contributed by atoms with E-state index in [0.29, 0.717) is 36.9 Å². The van der Waals surface area contributed by atoms with Gasteiger partial charge >= 0.3 is 11.9 Å². The van der Waals surface area contributed by atoms with Gasteiger partial charge in [0.1, 0.15) is 5.57 Å². The topological polar surface area (TPSA) is 71.1 Å². The van der Waals surface area contributed by atoms with E-state index in [9.17, 15) is 9.59 Å². The normalized spacial score (nSPS) is 48.8. The molecule has 6 fully saturated rings. The number of cyclic esters (lactones) is 2. The van der Waals surface area contributed by atoms with Gasteiger partial charge in [-0.25, -0.2) is 9.59 Å². The Labute approximate surface area is 139 Å². The quantitative estimate of drug-likeness (QED) is 0.381. The van der Waals surface area contributed by atoms with Crippen molar-refractivity contribution < 1.29 is 28.5 Å². The van der Waals surface area contributed by atoms with Crippen LogP contribution in [0.1, 0.15) is 33.1 Å².